The molecule has 2 atom stereocenters. The molecule has 9 heteroatoms. The molecule has 0 saturated heterocycles. The molecular weight excluding hydrogens is 383 g/mol. The Morgan fingerprint density at radius 3 is 1.97 bits per heavy atom. The fourth-order valence-corrected chi connectivity index (χ4v) is 3.12. The summed E-state index contributed by atoms with van der Waals surface area (Å²) in [6.07, 6.45) is 6.77. The molecule has 0 aromatic rings. The van der Waals surface area contributed by atoms with Crippen LogP contribution in [0.15, 0.2) is 0 Å². The predicted octanol–water partition coefficient (Wildman–Crippen LogP) is 1.36. The van der Waals surface area contributed by atoms with Crippen LogP contribution in [0.4, 0.5) is 0 Å². The van der Waals surface area contributed by atoms with Crippen LogP contribution in [-0.2, 0) is 14.4 Å². The second-order valence-electron chi connectivity index (χ2n) is 8.14. The number of nitrogens with one attached hydrogen (secondary N) is 3. The summed E-state index contributed by atoms with van der Waals surface area (Å²) >= 11 is 0. The van der Waals surface area contributed by atoms with Gasteiger partial charge in [-0.15, -0.1) is 0 Å². The van der Waals surface area contributed by atoms with Crippen molar-refractivity contribution in [2.24, 2.45) is 5.92 Å². The van der Waals surface area contributed by atoms with Crippen molar-refractivity contribution in [3.05, 3.63) is 0 Å². The summed E-state index contributed by atoms with van der Waals surface area (Å²) in [5, 5.41) is 14.4. The molecule has 0 aromatic heterocycles. The van der Waals surface area contributed by atoms with Crippen LogP contribution in [0.5, 0.6) is 0 Å². The minimum absolute atomic E-state index is 0.157. The highest BCUT2D eigenvalue weighted by Gasteiger charge is 2.27. The van der Waals surface area contributed by atoms with Crippen molar-refractivity contribution in [1.82, 2.24) is 21.0 Å². The molecule has 0 aliphatic heterocycles. The molecule has 0 rings (SSSR count). The number of hydrogen-bond acceptors (Lipinski definition) is 6. The number of carbonyl (C=O) groups excluding carboxylic acids is 3. The Hall–Kier alpha value is -1.45. The van der Waals surface area contributed by atoms with Crippen molar-refractivity contribution in [3.8, 4) is 0 Å². The van der Waals surface area contributed by atoms with E-state index in [4.69, 9.17) is 7.85 Å². The topological polar surface area (TPSA) is 111 Å². The third kappa shape index (κ3) is 13.0. The SMILES string of the molecule is [B]C(=O)CNC(=O)[C@H](CCCCN(CCCC)CCCC)NC(=O)[C@@H](NO)C(C)C. The van der Waals surface area contributed by atoms with Crippen LogP contribution in [0.25, 0.3) is 0 Å². The summed E-state index contributed by atoms with van der Waals surface area (Å²) in [5.74, 6) is -1.06. The fraction of sp³-hybridized carbons (Fsp3) is 0.857. The lowest BCUT2D eigenvalue weighted by molar-refractivity contribution is -0.132. The third-order valence-corrected chi connectivity index (χ3v) is 5.03. The average molecular weight is 424 g/mol. The van der Waals surface area contributed by atoms with Gasteiger partial charge in [0.05, 0.1) is 12.2 Å². The van der Waals surface area contributed by atoms with Crippen LogP contribution in [0.3, 0.4) is 0 Å². The smallest absolute Gasteiger partial charge is 0.242 e. The highest BCUT2D eigenvalue weighted by Crippen LogP contribution is 2.08. The van der Waals surface area contributed by atoms with Gasteiger partial charge in [-0.05, 0) is 57.7 Å². The minimum Gasteiger partial charge on any atom is -0.348 e. The second kappa shape index (κ2) is 17.3. The Morgan fingerprint density at radius 2 is 1.50 bits per heavy atom. The second-order valence-corrected chi connectivity index (χ2v) is 8.14. The van der Waals surface area contributed by atoms with E-state index in [1.807, 2.05) is 5.48 Å². The van der Waals surface area contributed by atoms with Gasteiger partial charge in [0.1, 0.15) is 12.1 Å². The van der Waals surface area contributed by atoms with E-state index in [0.717, 1.165) is 45.3 Å². The van der Waals surface area contributed by atoms with Crippen molar-refractivity contribution in [2.45, 2.75) is 84.7 Å². The van der Waals surface area contributed by atoms with Gasteiger partial charge in [0.15, 0.2) is 7.85 Å². The van der Waals surface area contributed by atoms with Gasteiger partial charge in [0, 0.05) is 0 Å². The number of carbonyl (C=O) groups is 3. The summed E-state index contributed by atoms with van der Waals surface area (Å²) in [6, 6.07) is -1.61. The Bertz CT molecular complexity index is 497. The molecule has 0 unspecified atom stereocenters. The molecule has 2 radical (unpaired) electrons. The predicted molar refractivity (Wildman–Crippen MR) is 119 cm³/mol. The summed E-state index contributed by atoms with van der Waals surface area (Å²) < 4.78 is 0. The van der Waals surface area contributed by atoms with E-state index in [1.54, 1.807) is 13.8 Å². The van der Waals surface area contributed by atoms with Gasteiger partial charge in [-0.1, -0.05) is 40.5 Å². The van der Waals surface area contributed by atoms with Crippen molar-refractivity contribution in [1.29, 1.82) is 0 Å². The van der Waals surface area contributed by atoms with Crippen LogP contribution in [-0.4, -0.2) is 73.7 Å². The first-order chi connectivity index (χ1) is 14.3. The van der Waals surface area contributed by atoms with Gasteiger partial charge in [-0.3, -0.25) is 9.59 Å². The van der Waals surface area contributed by atoms with Crippen molar-refractivity contribution >= 4 is 25.3 Å². The number of hydrogen-bond donors (Lipinski definition) is 4. The Morgan fingerprint density at radius 1 is 0.933 bits per heavy atom. The molecule has 0 bridgehead atoms. The summed E-state index contributed by atoms with van der Waals surface area (Å²) in [5.41, 5.74) is 1.35. The van der Waals surface area contributed by atoms with E-state index < -0.39 is 29.6 Å². The van der Waals surface area contributed by atoms with E-state index in [9.17, 15) is 19.6 Å². The number of rotatable bonds is 18. The summed E-state index contributed by atoms with van der Waals surface area (Å²) in [6.45, 7) is 10.8. The lowest BCUT2D eigenvalue weighted by Crippen LogP contribution is -2.54. The molecule has 0 fully saturated rings. The van der Waals surface area contributed by atoms with Gasteiger partial charge in [0.2, 0.25) is 11.8 Å². The maximum absolute atomic E-state index is 12.4. The molecule has 0 aromatic carbocycles. The quantitative estimate of drug-likeness (QED) is 0.150. The Kier molecular flexibility index (Phi) is 16.4. The molecule has 0 aliphatic carbocycles. The van der Waals surface area contributed by atoms with Gasteiger partial charge in [-0.2, -0.15) is 5.48 Å². The summed E-state index contributed by atoms with van der Waals surface area (Å²) in [4.78, 5) is 38.3. The van der Waals surface area contributed by atoms with E-state index in [2.05, 4.69) is 29.4 Å². The first-order valence-corrected chi connectivity index (χ1v) is 11.2. The molecule has 2 amide bonds. The number of nitrogens with zero attached hydrogens (tertiary/aromatic N) is 1. The van der Waals surface area contributed by atoms with Crippen LogP contribution < -0.4 is 16.1 Å². The molecule has 4 N–H and O–H groups in total. The average Bonchev–Trinajstić information content (AvgIpc) is 2.69. The Balaban J connectivity index is 4.80. The van der Waals surface area contributed by atoms with Gasteiger partial charge >= 0.3 is 0 Å². The standard InChI is InChI=1S/C21H41BN4O4/c1-5-7-12-26(13-8-6-2)14-10-9-11-17(20(28)23-15-18(22)27)24-21(29)19(25-30)16(3)4/h16-17,19,25,30H,5-15H2,1-4H3,(H,23,28)(H,24,29)/t17-,19-/m0/s1. The first kappa shape index (κ1) is 28.6. The van der Waals surface area contributed by atoms with Crippen LogP contribution in [0.1, 0.15) is 72.6 Å². The minimum atomic E-state index is -0.824. The van der Waals surface area contributed by atoms with Crippen molar-refractivity contribution in [3.63, 3.8) is 0 Å². The summed E-state index contributed by atoms with van der Waals surface area (Å²) in [7, 11) is 5.10. The third-order valence-electron chi connectivity index (χ3n) is 5.03. The lowest BCUT2D eigenvalue weighted by atomic mass is 10.0. The monoisotopic (exact) mass is 424 g/mol. The number of amides is 2. The molecule has 0 spiro atoms. The highest BCUT2D eigenvalue weighted by molar-refractivity contribution is 6.58. The lowest BCUT2D eigenvalue weighted by Gasteiger charge is -2.24. The van der Waals surface area contributed by atoms with Gasteiger partial charge < -0.3 is 25.5 Å². The maximum Gasteiger partial charge on any atom is 0.242 e. The van der Waals surface area contributed by atoms with Crippen LogP contribution >= 0.6 is 0 Å². The molecule has 0 aliphatic rings. The van der Waals surface area contributed by atoms with Crippen LogP contribution in [0, 0.1) is 5.92 Å². The van der Waals surface area contributed by atoms with E-state index in [-0.39, 0.29) is 12.5 Å². The van der Waals surface area contributed by atoms with E-state index in [1.165, 1.54) is 12.8 Å². The first-order valence-electron chi connectivity index (χ1n) is 11.2. The fourth-order valence-electron chi connectivity index (χ4n) is 3.12. The molecule has 0 saturated carbocycles. The zero-order valence-electron chi connectivity index (χ0n) is 19.2. The number of hydroxylamine groups is 1. The van der Waals surface area contributed by atoms with Gasteiger partial charge in [0.25, 0.3) is 0 Å². The normalized spacial score (nSPS) is 13.3. The molecule has 30 heavy (non-hydrogen) atoms. The zero-order chi connectivity index (χ0) is 22.9. The zero-order valence-corrected chi connectivity index (χ0v) is 19.2. The number of unbranched alkanes of at least 4 members (excludes halogenated alkanes) is 3. The maximum atomic E-state index is 12.4. The van der Waals surface area contributed by atoms with Crippen molar-refractivity contribution in [2.75, 3.05) is 26.2 Å². The molecule has 8 nitrogen and oxygen atoms in total. The van der Waals surface area contributed by atoms with E-state index >= 15 is 0 Å². The largest absolute Gasteiger partial charge is 0.348 e. The highest BCUT2D eigenvalue weighted by atomic mass is 16.5. The Labute approximate surface area is 183 Å². The van der Waals surface area contributed by atoms with E-state index in [0.29, 0.717) is 6.42 Å². The molecule has 172 valence electrons. The van der Waals surface area contributed by atoms with Crippen LogP contribution in [0.2, 0.25) is 0 Å². The molecule has 0 heterocycles. The van der Waals surface area contributed by atoms with Crippen molar-refractivity contribution < 1.29 is 19.6 Å². The van der Waals surface area contributed by atoms with Gasteiger partial charge in [-0.25, -0.2) is 0 Å². The molecular formula is C21H41BN4O4.